The summed E-state index contributed by atoms with van der Waals surface area (Å²) in [6.07, 6.45) is 3.84. The van der Waals surface area contributed by atoms with E-state index in [1.807, 2.05) is 42.7 Å². The molecule has 0 amide bonds. The monoisotopic (exact) mass is 302 g/mol. The lowest BCUT2D eigenvalue weighted by Gasteiger charge is -2.10. The van der Waals surface area contributed by atoms with Crippen LogP contribution in [0.4, 0.5) is 0 Å². The van der Waals surface area contributed by atoms with E-state index in [4.69, 9.17) is 4.74 Å². The molecule has 0 radical (unpaired) electrons. The van der Waals surface area contributed by atoms with Gasteiger partial charge in [0.25, 0.3) is 0 Å². The van der Waals surface area contributed by atoms with E-state index in [9.17, 15) is 0 Å². The maximum Gasteiger partial charge on any atom is 0.219 e. The molecule has 0 aliphatic rings. The van der Waals surface area contributed by atoms with Gasteiger partial charge in [-0.15, -0.1) is 11.8 Å². The molecule has 0 bridgehead atoms. The molecule has 0 fully saturated rings. The molecule has 1 heterocycles. The normalized spacial score (nSPS) is 10.9. The highest BCUT2D eigenvalue weighted by atomic mass is 32.2. The van der Waals surface area contributed by atoms with Crippen molar-refractivity contribution in [3.05, 3.63) is 48.2 Å². The first-order chi connectivity index (χ1) is 10.2. The van der Waals surface area contributed by atoms with E-state index in [1.165, 1.54) is 5.56 Å². The van der Waals surface area contributed by atoms with Gasteiger partial charge in [-0.2, -0.15) is 0 Å². The van der Waals surface area contributed by atoms with Crippen molar-refractivity contribution in [2.45, 2.75) is 25.3 Å². The summed E-state index contributed by atoms with van der Waals surface area (Å²) >= 11 is 1.67. The molecule has 1 aromatic carbocycles. The number of para-hydroxylation sites is 1. The van der Waals surface area contributed by atoms with E-state index >= 15 is 0 Å². The van der Waals surface area contributed by atoms with Crippen LogP contribution in [-0.4, -0.2) is 17.8 Å². The number of nitrogens with one attached hydrogen (secondary N) is 1. The molecule has 0 aliphatic carbocycles. The van der Waals surface area contributed by atoms with Crippen molar-refractivity contribution in [1.82, 2.24) is 10.3 Å². The van der Waals surface area contributed by atoms with Gasteiger partial charge in [0.1, 0.15) is 5.75 Å². The summed E-state index contributed by atoms with van der Waals surface area (Å²) < 4.78 is 5.91. The summed E-state index contributed by atoms with van der Waals surface area (Å²) in [5.41, 5.74) is 1.18. The van der Waals surface area contributed by atoms with Crippen molar-refractivity contribution in [1.29, 1.82) is 0 Å². The third kappa shape index (κ3) is 5.06. The molecule has 21 heavy (non-hydrogen) atoms. The zero-order valence-corrected chi connectivity index (χ0v) is 13.6. The fraction of sp³-hybridized carbons (Fsp3) is 0.353. The molecule has 0 unspecified atom stereocenters. The minimum atomic E-state index is 0.639. The average molecular weight is 302 g/mol. The van der Waals surface area contributed by atoms with E-state index in [1.54, 1.807) is 18.0 Å². The van der Waals surface area contributed by atoms with E-state index < -0.39 is 0 Å². The van der Waals surface area contributed by atoms with Crippen molar-refractivity contribution < 1.29 is 4.74 Å². The van der Waals surface area contributed by atoms with Crippen LogP contribution >= 0.6 is 11.8 Å². The molecule has 0 saturated heterocycles. The SMILES string of the molecule is CSc1ccccc1Oc1cc(CNCC(C)C)ccn1. The van der Waals surface area contributed by atoms with Crippen LogP contribution in [0.15, 0.2) is 47.5 Å². The van der Waals surface area contributed by atoms with Gasteiger partial charge < -0.3 is 10.1 Å². The van der Waals surface area contributed by atoms with Crippen LogP contribution in [0.5, 0.6) is 11.6 Å². The molecule has 2 aromatic rings. The minimum Gasteiger partial charge on any atom is -0.438 e. The molecule has 0 atom stereocenters. The number of hydrogen-bond donors (Lipinski definition) is 1. The standard InChI is InChI=1S/C17H22N2OS/c1-13(2)11-18-12-14-8-9-19-17(10-14)20-15-6-4-5-7-16(15)21-3/h4-10,13,18H,11-12H2,1-3H3. The number of thioether (sulfide) groups is 1. The maximum absolute atomic E-state index is 5.91. The van der Waals surface area contributed by atoms with Crippen molar-refractivity contribution in [2.75, 3.05) is 12.8 Å². The second-order valence-corrected chi connectivity index (χ2v) is 6.13. The average Bonchev–Trinajstić information content (AvgIpc) is 2.48. The molecule has 0 saturated carbocycles. The summed E-state index contributed by atoms with van der Waals surface area (Å²) in [7, 11) is 0. The molecule has 4 heteroatoms. The second-order valence-electron chi connectivity index (χ2n) is 5.28. The Labute approximate surface area is 131 Å². The van der Waals surface area contributed by atoms with E-state index in [0.29, 0.717) is 11.8 Å². The van der Waals surface area contributed by atoms with Gasteiger partial charge in [-0.25, -0.2) is 4.98 Å². The lowest BCUT2D eigenvalue weighted by atomic mass is 10.2. The summed E-state index contributed by atoms with van der Waals surface area (Å²) in [5.74, 6) is 2.14. The second kappa shape index (κ2) is 8.05. The highest BCUT2D eigenvalue weighted by Gasteiger charge is 2.05. The van der Waals surface area contributed by atoms with Gasteiger partial charge in [-0.3, -0.25) is 0 Å². The van der Waals surface area contributed by atoms with E-state index in [-0.39, 0.29) is 0 Å². The highest BCUT2D eigenvalue weighted by molar-refractivity contribution is 7.98. The fourth-order valence-electron chi connectivity index (χ4n) is 1.94. The predicted molar refractivity (Wildman–Crippen MR) is 89.1 cm³/mol. The van der Waals surface area contributed by atoms with E-state index in [0.717, 1.165) is 23.7 Å². The maximum atomic E-state index is 5.91. The number of pyridine rings is 1. The van der Waals surface area contributed by atoms with Crippen molar-refractivity contribution in [2.24, 2.45) is 5.92 Å². The van der Waals surface area contributed by atoms with Crippen LogP contribution in [-0.2, 0) is 6.54 Å². The molecule has 3 nitrogen and oxygen atoms in total. The van der Waals surface area contributed by atoms with Gasteiger partial charge >= 0.3 is 0 Å². The Kier molecular flexibility index (Phi) is 6.08. The van der Waals surface area contributed by atoms with Gasteiger partial charge in [0, 0.05) is 23.7 Å². The molecule has 0 spiro atoms. The fourth-order valence-corrected chi connectivity index (χ4v) is 2.46. The summed E-state index contributed by atoms with van der Waals surface area (Å²) in [6, 6.07) is 12.0. The number of ether oxygens (including phenoxy) is 1. The van der Waals surface area contributed by atoms with Crippen LogP contribution in [0.1, 0.15) is 19.4 Å². The van der Waals surface area contributed by atoms with Gasteiger partial charge in [0.15, 0.2) is 0 Å². The lowest BCUT2D eigenvalue weighted by molar-refractivity contribution is 0.451. The molecular weight excluding hydrogens is 280 g/mol. The van der Waals surface area contributed by atoms with Crippen LogP contribution in [0, 0.1) is 5.92 Å². The smallest absolute Gasteiger partial charge is 0.219 e. The van der Waals surface area contributed by atoms with Crippen LogP contribution < -0.4 is 10.1 Å². The van der Waals surface area contributed by atoms with Crippen LogP contribution in [0.3, 0.4) is 0 Å². The predicted octanol–water partition coefficient (Wildman–Crippen LogP) is 4.34. The Hall–Kier alpha value is -1.52. The summed E-state index contributed by atoms with van der Waals surface area (Å²) in [5, 5.41) is 3.43. The van der Waals surface area contributed by atoms with Crippen LogP contribution in [0.25, 0.3) is 0 Å². The van der Waals surface area contributed by atoms with Gasteiger partial charge in [0.2, 0.25) is 5.88 Å². The van der Waals surface area contributed by atoms with Crippen molar-refractivity contribution in [3.8, 4) is 11.6 Å². The zero-order chi connectivity index (χ0) is 15.1. The first-order valence-corrected chi connectivity index (χ1v) is 8.38. The van der Waals surface area contributed by atoms with Gasteiger partial charge in [0.05, 0.1) is 0 Å². The minimum absolute atomic E-state index is 0.639. The molecule has 2 rings (SSSR count). The third-order valence-corrected chi connectivity index (χ3v) is 3.74. The first kappa shape index (κ1) is 15.9. The molecule has 0 aliphatic heterocycles. The number of hydrogen-bond acceptors (Lipinski definition) is 4. The molecule has 112 valence electrons. The summed E-state index contributed by atoms with van der Waals surface area (Å²) in [6.45, 7) is 6.25. The molecular formula is C17H22N2OS. The number of aromatic nitrogens is 1. The number of rotatable bonds is 7. The number of nitrogens with zero attached hydrogens (tertiary/aromatic N) is 1. The Bertz CT molecular complexity index is 572. The Morgan fingerprint density at radius 3 is 2.81 bits per heavy atom. The largest absolute Gasteiger partial charge is 0.438 e. The number of benzene rings is 1. The lowest BCUT2D eigenvalue weighted by Crippen LogP contribution is -2.18. The first-order valence-electron chi connectivity index (χ1n) is 7.15. The van der Waals surface area contributed by atoms with E-state index in [2.05, 4.69) is 24.1 Å². The Morgan fingerprint density at radius 1 is 1.24 bits per heavy atom. The van der Waals surface area contributed by atoms with Gasteiger partial charge in [-0.1, -0.05) is 26.0 Å². The quantitative estimate of drug-likeness (QED) is 0.771. The van der Waals surface area contributed by atoms with Crippen molar-refractivity contribution >= 4 is 11.8 Å². The topological polar surface area (TPSA) is 34.1 Å². The summed E-state index contributed by atoms with van der Waals surface area (Å²) in [4.78, 5) is 5.41. The molecule has 1 N–H and O–H groups in total. The highest BCUT2D eigenvalue weighted by Crippen LogP contribution is 2.30. The van der Waals surface area contributed by atoms with Crippen molar-refractivity contribution in [3.63, 3.8) is 0 Å². The zero-order valence-electron chi connectivity index (χ0n) is 12.8. The van der Waals surface area contributed by atoms with Crippen LogP contribution in [0.2, 0.25) is 0 Å². The third-order valence-electron chi connectivity index (χ3n) is 2.96. The Morgan fingerprint density at radius 2 is 2.05 bits per heavy atom. The Balaban J connectivity index is 2.03. The molecule has 1 aromatic heterocycles. The van der Waals surface area contributed by atoms with Gasteiger partial charge in [-0.05, 0) is 42.5 Å².